The second kappa shape index (κ2) is 6.62. The summed E-state index contributed by atoms with van der Waals surface area (Å²) >= 11 is 6.40. The molecule has 0 saturated carbocycles. The third-order valence-electron chi connectivity index (χ3n) is 3.51. The van der Waals surface area contributed by atoms with Gasteiger partial charge in [0.15, 0.2) is 0 Å². The Bertz CT molecular complexity index is 869. The van der Waals surface area contributed by atoms with Crippen molar-refractivity contribution in [2.75, 3.05) is 6.54 Å². The van der Waals surface area contributed by atoms with E-state index in [9.17, 15) is 14.7 Å². The number of nitrogens with zero attached hydrogens (tertiary/aromatic N) is 1. The number of amides is 1. The van der Waals surface area contributed by atoms with Crippen molar-refractivity contribution in [2.45, 2.75) is 6.92 Å². The molecule has 1 fully saturated rings. The minimum absolute atomic E-state index is 0.142. The van der Waals surface area contributed by atoms with Crippen LogP contribution in [-0.4, -0.2) is 32.7 Å². The molecule has 1 N–H and O–H groups in total. The molecule has 0 atom stereocenters. The first-order chi connectivity index (χ1) is 11.5. The third kappa shape index (κ3) is 3.00. The Hall–Kier alpha value is -2.38. The number of hydrogen-bond donors (Lipinski definition) is 1. The number of rotatable bonds is 4. The summed E-state index contributed by atoms with van der Waals surface area (Å²) in [5.74, 6) is -0.254. The molecule has 0 radical (unpaired) electrons. The lowest BCUT2D eigenvalue weighted by Crippen LogP contribution is -2.27. The Labute approximate surface area is 148 Å². The fourth-order valence-corrected chi connectivity index (χ4v) is 3.73. The van der Waals surface area contributed by atoms with Crippen molar-refractivity contribution >= 4 is 46.3 Å². The maximum Gasteiger partial charge on any atom is 0.336 e. The number of hydrogen-bond acceptors (Lipinski definition) is 5. The highest BCUT2D eigenvalue weighted by atomic mass is 32.2. The number of furan rings is 1. The minimum atomic E-state index is -1.02. The van der Waals surface area contributed by atoms with Crippen molar-refractivity contribution in [1.29, 1.82) is 0 Å². The van der Waals surface area contributed by atoms with Gasteiger partial charge in [0, 0.05) is 18.2 Å². The third-order valence-corrected chi connectivity index (χ3v) is 4.89. The molecule has 0 spiro atoms. The molecule has 122 valence electrons. The van der Waals surface area contributed by atoms with Crippen molar-refractivity contribution in [3.8, 4) is 11.3 Å². The van der Waals surface area contributed by atoms with Crippen LogP contribution in [0.2, 0.25) is 0 Å². The van der Waals surface area contributed by atoms with E-state index in [2.05, 4.69) is 0 Å². The van der Waals surface area contributed by atoms with Gasteiger partial charge in [0.05, 0.1) is 10.5 Å². The van der Waals surface area contributed by atoms with Crippen LogP contribution in [0.4, 0.5) is 0 Å². The first-order valence-corrected chi connectivity index (χ1v) is 8.41. The summed E-state index contributed by atoms with van der Waals surface area (Å²) in [6.07, 6.45) is 1.63. The number of benzene rings is 1. The number of carbonyl (C=O) groups is 2. The van der Waals surface area contributed by atoms with Crippen molar-refractivity contribution in [3.63, 3.8) is 0 Å². The molecule has 3 rings (SSSR count). The summed E-state index contributed by atoms with van der Waals surface area (Å²) in [6.45, 7) is 2.39. The van der Waals surface area contributed by atoms with Gasteiger partial charge in [-0.25, -0.2) is 4.79 Å². The number of carbonyl (C=O) groups excluding carboxylic acids is 1. The molecule has 1 amide bonds. The van der Waals surface area contributed by atoms with Gasteiger partial charge in [0.1, 0.15) is 15.8 Å². The van der Waals surface area contributed by atoms with Crippen molar-refractivity contribution < 1.29 is 19.1 Å². The molecular formula is C17H13NO4S2. The Morgan fingerprint density at radius 2 is 2.08 bits per heavy atom. The van der Waals surface area contributed by atoms with E-state index in [1.54, 1.807) is 36.4 Å². The van der Waals surface area contributed by atoms with Crippen LogP contribution in [0.15, 0.2) is 45.7 Å². The number of thioether (sulfide) groups is 1. The van der Waals surface area contributed by atoms with E-state index >= 15 is 0 Å². The second-order valence-electron chi connectivity index (χ2n) is 4.98. The van der Waals surface area contributed by atoms with Crippen LogP contribution in [-0.2, 0) is 4.79 Å². The zero-order valence-electron chi connectivity index (χ0n) is 12.7. The quantitative estimate of drug-likeness (QED) is 0.660. The van der Waals surface area contributed by atoms with Gasteiger partial charge >= 0.3 is 5.97 Å². The number of likely N-dealkylation sites (N-methyl/N-ethyl adjacent to an activating group) is 1. The Kier molecular flexibility index (Phi) is 4.55. The number of thiocarbonyl (C=S) groups is 1. The highest BCUT2D eigenvalue weighted by Crippen LogP contribution is 2.33. The molecule has 1 aromatic carbocycles. The Morgan fingerprint density at radius 3 is 2.75 bits per heavy atom. The van der Waals surface area contributed by atoms with Gasteiger partial charge in [0.2, 0.25) is 0 Å². The van der Waals surface area contributed by atoms with Crippen LogP contribution in [0.5, 0.6) is 0 Å². The lowest BCUT2D eigenvalue weighted by atomic mass is 10.1. The van der Waals surface area contributed by atoms with E-state index in [1.165, 1.54) is 22.7 Å². The summed E-state index contributed by atoms with van der Waals surface area (Å²) in [6, 6.07) is 10.00. The van der Waals surface area contributed by atoms with Gasteiger partial charge in [-0.05, 0) is 25.1 Å². The van der Waals surface area contributed by atoms with Crippen molar-refractivity contribution in [2.24, 2.45) is 0 Å². The van der Waals surface area contributed by atoms with E-state index < -0.39 is 5.97 Å². The molecule has 0 bridgehead atoms. The summed E-state index contributed by atoms with van der Waals surface area (Å²) in [7, 11) is 0. The zero-order valence-corrected chi connectivity index (χ0v) is 14.3. The lowest BCUT2D eigenvalue weighted by Gasteiger charge is -2.09. The Morgan fingerprint density at radius 1 is 1.33 bits per heavy atom. The van der Waals surface area contributed by atoms with Crippen LogP contribution in [0.25, 0.3) is 17.4 Å². The molecule has 1 saturated heterocycles. The van der Waals surface area contributed by atoms with Gasteiger partial charge in [0.25, 0.3) is 5.91 Å². The van der Waals surface area contributed by atoms with Gasteiger partial charge in [-0.2, -0.15) is 0 Å². The largest absolute Gasteiger partial charge is 0.478 e. The molecule has 7 heteroatoms. The molecule has 24 heavy (non-hydrogen) atoms. The van der Waals surface area contributed by atoms with Crippen LogP contribution in [0.3, 0.4) is 0 Å². The van der Waals surface area contributed by atoms with Crippen LogP contribution >= 0.6 is 24.0 Å². The number of carboxylic acid groups (broad SMARTS) is 1. The molecular weight excluding hydrogens is 346 g/mol. The highest BCUT2D eigenvalue weighted by Gasteiger charge is 2.30. The van der Waals surface area contributed by atoms with Crippen LogP contribution < -0.4 is 0 Å². The van der Waals surface area contributed by atoms with E-state index in [0.29, 0.717) is 32.9 Å². The van der Waals surface area contributed by atoms with Gasteiger partial charge < -0.3 is 9.52 Å². The topological polar surface area (TPSA) is 70.8 Å². The van der Waals surface area contributed by atoms with Crippen LogP contribution in [0.1, 0.15) is 23.0 Å². The molecule has 5 nitrogen and oxygen atoms in total. The average molecular weight is 359 g/mol. The van der Waals surface area contributed by atoms with E-state index in [-0.39, 0.29) is 11.5 Å². The number of aromatic carboxylic acids is 1. The fraction of sp³-hybridized carbons (Fsp3) is 0.118. The van der Waals surface area contributed by atoms with E-state index in [4.69, 9.17) is 16.6 Å². The van der Waals surface area contributed by atoms with E-state index in [0.717, 1.165) is 0 Å². The lowest BCUT2D eigenvalue weighted by molar-refractivity contribution is -0.122. The SMILES string of the molecule is CCN1C(=O)/C(=C\c2ccc(-c3ccccc3C(=O)O)o2)SC1=S. The first-order valence-electron chi connectivity index (χ1n) is 7.19. The standard InChI is InChI=1S/C17H13NO4S2/c1-2-18-15(19)14(24-17(18)23)9-10-7-8-13(22-10)11-5-3-4-6-12(11)16(20)21/h3-9H,2H2,1H3,(H,20,21)/b14-9+. The predicted octanol–water partition coefficient (Wildman–Crippen LogP) is 3.87. The van der Waals surface area contributed by atoms with Gasteiger partial charge in [-0.3, -0.25) is 9.69 Å². The minimum Gasteiger partial charge on any atom is -0.478 e. The summed E-state index contributed by atoms with van der Waals surface area (Å²) in [5.41, 5.74) is 0.654. The maximum atomic E-state index is 12.2. The molecule has 0 aliphatic carbocycles. The highest BCUT2D eigenvalue weighted by molar-refractivity contribution is 8.26. The first kappa shape index (κ1) is 16.5. The van der Waals surface area contributed by atoms with Crippen LogP contribution in [0, 0.1) is 0 Å². The molecule has 0 unspecified atom stereocenters. The zero-order chi connectivity index (χ0) is 17.3. The molecule has 1 aliphatic rings. The average Bonchev–Trinajstić information content (AvgIpc) is 3.13. The predicted molar refractivity (Wildman–Crippen MR) is 96.7 cm³/mol. The van der Waals surface area contributed by atoms with Crippen molar-refractivity contribution in [3.05, 3.63) is 52.6 Å². The molecule has 2 heterocycles. The molecule has 1 aliphatic heterocycles. The van der Waals surface area contributed by atoms with Crippen molar-refractivity contribution in [1.82, 2.24) is 4.90 Å². The summed E-state index contributed by atoms with van der Waals surface area (Å²) < 4.78 is 6.23. The summed E-state index contributed by atoms with van der Waals surface area (Å²) in [4.78, 5) is 25.5. The van der Waals surface area contributed by atoms with E-state index in [1.807, 2.05) is 6.92 Å². The number of carboxylic acids is 1. The molecule has 2 aromatic rings. The fourth-order valence-electron chi connectivity index (χ4n) is 2.36. The smallest absolute Gasteiger partial charge is 0.336 e. The Balaban J connectivity index is 1.93. The van der Waals surface area contributed by atoms with Gasteiger partial charge in [-0.1, -0.05) is 42.2 Å². The summed E-state index contributed by atoms with van der Waals surface area (Å²) in [5, 5.41) is 9.26. The van der Waals surface area contributed by atoms with Gasteiger partial charge in [-0.15, -0.1) is 0 Å². The molecule has 1 aromatic heterocycles. The normalized spacial score (nSPS) is 16.2. The maximum absolute atomic E-state index is 12.2. The second-order valence-corrected chi connectivity index (χ2v) is 6.65. The monoisotopic (exact) mass is 359 g/mol.